The highest BCUT2D eigenvalue weighted by Gasteiger charge is 2.18. The summed E-state index contributed by atoms with van der Waals surface area (Å²) in [6.07, 6.45) is 1.47. The van der Waals surface area contributed by atoms with E-state index < -0.39 is 0 Å². The van der Waals surface area contributed by atoms with Crippen molar-refractivity contribution in [2.45, 2.75) is 32.4 Å². The molecule has 2 N–H and O–H groups in total. The Bertz CT molecular complexity index is 419. The van der Waals surface area contributed by atoms with Crippen LogP contribution in [0.4, 0.5) is 0 Å². The summed E-state index contributed by atoms with van der Waals surface area (Å²) in [5.41, 5.74) is 1.98. The maximum atomic E-state index is 11.0. The lowest BCUT2D eigenvalue weighted by molar-refractivity contribution is -0.122. The van der Waals surface area contributed by atoms with Crippen molar-refractivity contribution in [1.29, 1.82) is 0 Å². The number of halogens is 1. The highest BCUT2D eigenvalue weighted by molar-refractivity contribution is 6.30. The second-order valence-electron chi connectivity index (χ2n) is 4.40. The fourth-order valence-corrected chi connectivity index (χ4v) is 2.27. The number of aryl methyl sites for hydroxylation is 2. The number of amides is 1. The van der Waals surface area contributed by atoms with E-state index in [4.69, 9.17) is 11.6 Å². The van der Waals surface area contributed by atoms with Gasteiger partial charge < -0.3 is 10.6 Å². The van der Waals surface area contributed by atoms with E-state index >= 15 is 0 Å². The third kappa shape index (κ3) is 2.79. The van der Waals surface area contributed by atoms with Crippen LogP contribution >= 0.6 is 11.6 Å². The Labute approximate surface area is 106 Å². The first-order valence-corrected chi connectivity index (χ1v) is 6.13. The molecule has 1 aliphatic rings. The van der Waals surface area contributed by atoms with Crippen molar-refractivity contribution in [3.8, 4) is 0 Å². The van der Waals surface area contributed by atoms with Crippen LogP contribution in [-0.2, 0) is 18.4 Å². The van der Waals surface area contributed by atoms with Gasteiger partial charge in [0.2, 0.25) is 5.91 Å². The maximum Gasteiger partial charge on any atom is 0.220 e. The standard InChI is InChI=1S/C11H17ClN4O/c1-7-9(11(12)16(2)15-7)6-13-8-3-4-10(17)14-5-8/h8,13H,3-6H2,1-2H3,(H,14,17). The van der Waals surface area contributed by atoms with Gasteiger partial charge in [0.1, 0.15) is 5.15 Å². The molecule has 5 nitrogen and oxygen atoms in total. The van der Waals surface area contributed by atoms with Crippen LogP contribution in [-0.4, -0.2) is 28.3 Å². The Morgan fingerprint density at radius 2 is 2.41 bits per heavy atom. The second kappa shape index (κ2) is 5.06. The third-order valence-corrected chi connectivity index (χ3v) is 3.58. The predicted molar refractivity (Wildman–Crippen MR) is 65.8 cm³/mol. The minimum atomic E-state index is 0.138. The summed E-state index contributed by atoms with van der Waals surface area (Å²) in [5, 5.41) is 11.2. The number of carbonyl (C=O) groups is 1. The molecule has 0 aliphatic carbocycles. The van der Waals surface area contributed by atoms with Crippen molar-refractivity contribution < 1.29 is 4.79 Å². The molecule has 1 aromatic heterocycles. The lowest BCUT2D eigenvalue weighted by Gasteiger charge is -2.23. The summed E-state index contributed by atoms with van der Waals surface area (Å²) >= 11 is 6.15. The van der Waals surface area contributed by atoms with Gasteiger partial charge in [0.15, 0.2) is 0 Å². The van der Waals surface area contributed by atoms with Crippen LogP contribution in [0.15, 0.2) is 0 Å². The van der Waals surface area contributed by atoms with Gasteiger partial charge in [0.25, 0.3) is 0 Å². The largest absolute Gasteiger partial charge is 0.355 e. The van der Waals surface area contributed by atoms with Gasteiger partial charge in [-0.25, -0.2) is 0 Å². The average Bonchev–Trinajstić information content (AvgIpc) is 2.54. The quantitative estimate of drug-likeness (QED) is 0.839. The van der Waals surface area contributed by atoms with Gasteiger partial charge >= 0.3 is 0 Å². The summed E-state index contributed by atoms with van der Waals surface area (Å²) in [7, 11) is 1.83. The summed E-state index contributed by atoms with van der Waals surface area (Å²) in [4.78, 5) is 11.0. The molecule has 0 bridgehead atoms. The maximum absolute atomic E-state index is 11.0. The molecule has 2 rings (SSSR count). The normalized spacial score (nSPS) is 20.4. The zero-order valence-electron chi connectivity index (χ0n) is 10.1. The van der Waals surface area contributed by atoms with Crippen molar-refractivity contribution in [2.75, 3.05) is 6.54 Å². The Morgan fingerprint density at radius 1 is 1.65 bits per heavy atom. The Balaban J connectivity index is 1.91. The van der Waals surface area contributed by atoms with Crippen LogP contribution in [0, 0.1) is 6.92 Å². The lowest BCUT2D eigenvalue weighted by atomic mass is 10.1. The molecule has 0 aromatic carbocycles. The molecule has 0 spiro atoms. The second-order valence-corrected chi connectivity index (χ2v) is 4.76. The molecule has 17 heavy (non-hydrogen) atoms. The number of hydrogen-bond acceptors (Lipinski definition) is 3. The molecule has 1 atom stereocenters. The fraction of sp³-hybridized carbons (Fsp3) is 0.636. The lowest BCUT2D eigenvalue weighted by Crippen LogP contribution is -2.45. The first kappa shape index (κ1) is 12.4. The van der Waals surface area contributed by atoms with E-state index in [2.05, 4.69) is 15.7 Å². The predicted octanol–water partition coefficient (Wildman–Crippen LogP) is 0.750. The first-order valence-electron chi connectivity index (χ1n) is 5.76. The smallest absolute Gasteiger partial charge is 0.220 e. The van der Waals surface area contributed by atoms with E-state index in [1.54, 1.807) is 4.68 Å². The van der Waals surface area contributed by atoms with Crippen LogP contribution in [0.1, 0.15) is 24.1 Å². The number of aromatic nitrogens is 2. The molecule has 1 fully saturated rings. The average molecular weight is 257 g/mol. The van der Waals surface area contributed by atoms with Crippen LogP contribution in [0.5, 0.6) is 0 Å². The van der Waals surface area contributed by atoms with Crippen molar-refractivity contribution in [2.24, 2.45) is 7.05 Å². The van der Waals surface area contributed by atoms with Crippen LogP contribution in [0.25, 0.3) is 0 Å². The summed E-state index contributed by atoms with van der Waals surface area (Å²) in [6, 6.07) is 0.323. The Kier molecular flexibility index (Phi) is 3.69. The van der Waals surface area contributed by atoms with Crippen molar-refractivity contribution in [3.05, 3.63) is 16.4 Å². The number of piperidine rings is 1. The van der Waals surface area contributed by atoms with Crippen LogP contribution in [0.3, 0.4) is 0 Å². The molecule has 1 aliphatic heterocycles. The zero-order valence-corrected chi connectivity index (χ0v) is 10.8. The van der Waals surface area contributed by atoms with E-state index in [1.165, 1.54) is 0 Å². The van der Waals surface area contributed by atoms with E-state index in [1.807, 2.05) is 14.0 Å². The molecule has 1 unspecified atom stereocenters. The molecule has 2 heterocycles. The number of nitrogens with zero attached hydrogens (tertiary/aromatic N) is 2. The molecule has 6 heteroatoms. The number of carbonyl (C=O) groups excluding carboxylic acids is 1. The highest BCUT2D eigenvalue weighted by atomic mass is 35.5. The van der Waals surface area contributed by atoms with E-state index in [0.29, 0.717) is 30.7 Å². The van der Waals surface area contributed by atoms with Crippen molar-refractivity contribution in [1.82, 2.24) is 20.4 Å². The number of rotatable bonds is 3. The van der Waals surface area contributed by atoms with Crippen molar-refractivity contribution in [3.63, 3.8) is 0 Å². The molecule has 1 amide bonds. The summed E-state index contributed by atoms with van der Waals surface area (Å²) < 4.78 is 1.68. The minimum absolute atomic E-state index is 0.138. The zero-order chi connectivity index (χ0) is 12.4. The van der Waals surface area contributed by atoms with Gasteiger partial charge in [-0.3, -0.25) is 9.48 Å². The monoisotopic (exact) mass is 256 g/mol. The number of hydrogen-bond donors (Lipinski definition) is 2. The SMILES string of the molecule is Cc1nn(C)c(Cl)c1CNC1CCC(=O)NC1. The summed E-state index contributed by atoms with van der Waals surface area (Å²) in [6.45, 7) is 3.33. The molecular formula is C11H17ClN4O. The molecular weight excluding hydrogens is 240 g/mol. The van der Waals surface area contributed by atoms with Gasteiger partial charge in [0.05, 0.1) is 5.69 Å². The third-order valence-electron chi connectivity index (χ3n) is 3.10. The fourth-order valence-electron chi connectivity index (χ4n) is 2.03. The number of nitrogens with one attached hydrogen (secondary N) is 2. The van der Waals surface area contributed by atoms with Crippen LogP contribution in [0.2, 0.25) is 5.15 Å². The van der Waals surface area contributed by atoms with E-state index in [9.17, 15) is 4.79 Å². The van der Waals surface area contributed by atoms with Gasteiger partial charge in [0, 0.05) is 38.2 Å². The van der Waals surface area contributed by atoms with Crippen molar-refractivity contribution >= 4 is 17.5 Å². The molecule has 94 valence electrons. The molecule has 0 radical (unpaired) electrons. The van der Waals surface area contributed by atoms with E-state index in [0.717, 1.165) is 17.7 Å². The van der Waals surface area contributed by atoms with E-state index in [-0.39, 0.29) is 5.91 Å². The van der Waals surface area contributed by atoms with Gasteiger partial charge in [-0.15, -0.1) is 0 Å². The molecule has 1 aromatic rings. The molecule has 1 saturated heterocycles. The van der Waals surface area contributed by atoms with Crippen LogP contribution < -0.4 is 10.6 Å². The topological polar surface area (TPSA) is 59.0 Å². The Hall–Kier alpha value is -1.07. The van der Waals surface area contributed by atoms with Gasteiger partial charge in [-0.1, -0.05) is 11.6 Å². The minimum Gasteiger partial charge on any atom is -0.355 e. The first-order chi connectivity index (χ1) is 8.08. The Morgan fingerprint density at radius 3 is 2.94 bits per heavy atom. The molecule has 0 saturated carbocycles. The summed E-state index contributed by atoms with van der Waals surface area (Å²) in [5.74, 6) is 0.138. The van der Waals surface area contributed by atoms with Gasteiger partial charge in [-0.05, 0) is 13.3 Å². The highest BCUT2D eigenvalue weighted by Crippen LogP contribution is 2.18. The van der Waals surface area contributed by atoms with Gasteiger partial charge in [-0.2, -0.15) is 5.10 Å².